The second kappa shape index (κ2) is 5.34. The number of rotatable bonds is 4. The van der Waals surface area contributed by atoms with Crippen LogP contribution in [0.4, 0.5) is 0 Å². The third-order valence-electron chi connectivity index (χ3n) is 4.26. The predicted octanol–water partition coefficient (Wildman–Crippen LogP) is 2.28. The van der Waals surface area contributed by atoms with Crippen molar-refractivity contribution in [2.75, 3.05) is 0 Å². The van der Waals surface area contributed by atoms with Crippen molar-refractivity contribution in [2.45, 2.75) is 63.3 Å². The summed E-state index contributed by atoms with van der Waals surface area (Å²) in [6.07, 6.45) is 9.62. The molecular formula is C13H22N2OS. The van der Waals surface area contributed by atoms with E-state index < -0.39 is 0 Å². The van der Waals surface area contributed by atoms with E-state index in [9.17, 15) is 4.79 Å². The number of hydrogen-bond donors (Lipinski definition) is 2. The standard InChI is InChI=1S/C13H22N2OS/c14-12(17)13(7-2-1-3-8-13)15-11(16)9-10-5-4-6-10/h10H,1-9H2,(H2,14,17)(H,15,16). The fourth-order valence-electron chi connectivity index (χ4n) is 2.87. The molecule has 2 aliphatic rings. The van der Waals surface area contributed by atoms with Crippen molar-refractivity contribution < 1.29 is 4.79 Å². The Morgan fingerprint density at radius 3 is 2.35 bits per heavy atom. The fraction of sp³-hybridized carbons (Fsp3) is 0.846. The highest BCUT2D eigenvalue weighted by Gasteiger charge is 2.37. The maximum absolute atomic E-state index is 12.0. The zero-order valence-electron chi connectivity index (χ0n) is 10.3. The first kappa shape index (κ1) is 12.8. The van der Waals surface area contributed by atoms with Gasteiger partial charge >= 0.3 is 0 Å². The molecule has 3 N–H and O–H groups in total. The van der Waals surface area contributed by atoms with Crippen LogP contribution in [0.3, 0.4) is 0 Å². The van der Waals surface area contributed by atoms with Crippen molar-refractivity contribution in [2.24, 2.45) is 11.7 Å². The lowest BCUT2D eigenvalue weighted by Gasteiger charge is -2.38. The van der Waals surface area contributed by atoms with Crippen molar-refractivity contribution in [3.05, 3.63) is 0 Å². The highest BCUT2D eigenvalue weighted by molar-refractivity contribution is 7.80. The van der Waals surface area contributed by atoms with E-state index in [4.69, 9.17) is 18.0 Å². The predicted molar refractivity (Wildman–Crippen MR) is 72.7 cm³/mol. The average molecular weight is 254 g/mol. The zero-order chi connectivity index (χ0) is 12.3. The van der Waals surface area contributed by atoms with Crippen molar-refractivity contribution >= 4 is 23.1 Å². The van der Waals surface area contributed by atoms with Gasteiger partial charge in [0.1, 0.15) is 0 Å². The molecule has 1 amide bonds. The molecule has 17 heavy (non-hydrogen) atoms. The molecule has 4 heteroatoms. The highest BCUT2D eigenvalue weighted by atomic mass is 32.1. The summed E-state index contributed by atoms with van der Waals surface area (Å²) in [5.41, 5.74) is 5.46. The van der Waals surface area contributed by atoms with Crippen LogP contribution >= 0.6 is 12.2 Å². The number of nitrogens with two attached hydrogens (primary N) is 1. The van der Waals surface area contributed by atoms with Crippen LogP contribution in [-0.2, 0) is 4.79 Å². The van der Waals surface area contributed by atoms with Gasteiger partial charge in [0.25, 0.3) is 0 Å². The molecule has 0 saturated heterocycles. The lowest BCUT2D eigenvalue weighted by molar-refractivity contribution is -0.124. The lowest BCUT2D eigenvalue weighted by atomic mass is 9.80. The van der Waals surface area contributed by atoms with Gasteiger partial charge in [-0.15, -0.1) is 0 Å². The summed E-state index contributed by atoms with van der Waals surface area (Å²) in [6.45, 7) is 0. The fourth-order valence-corrected chi connectivity index (χ4v) is 3.12. The Morgan fingerprint density at radius 2 is 1.88 bits per heavy atom. The SMILES string of the molecule is NC(=S)C1(NC(=O)CC2CCC2)CCCCC1. The zero-order valence-corrected chi connectivity index (χ0v) is 11.2. The summed E-state index contributed by atoms with van der Waals surface area (Å²) < 4.78 is 0. The van der Waals surface area contributed by atoms with Gasteiger partial charge in [-0.1, -0.05) is 37.9 Å². The molecule has 0 heterocycles. The van der Waals surface area contributed by atoms with E-state index >= 15 is 0 Å². The molecule has 2 rings (SSSR count). The van der Waals surface area contributed by atoms with Gasteiger partial charge in [0.15, 0.2) is 0 Å². The van der Waals surface area contributed by atoms with E-state index in [1.54, 1.807) is 0 Å². The van der Waals surface area contributed by atoms with Gasteiger partial charge in [-0.25, -0.2) is 0 Å². The first-order valence-corrected chi connectivity index (χ1v) is 7.14. The molecule has 2 fully saturated rings. The number of carbonyl (C=O) groups excluding carboxylic acids is 1. The molecule has 0 aromatic rings. The maximum atomic E-state index is 12.0. The largest absolute Gasteiger partial charge is 0.391 e. The normalized spacial score (nSPS) is 23.8. The van der Waals surface area contributed by atoms with Crippen LogP contribution in [0.5, 0.6) is 0 Å². The van der Waals surface area contributed by atoms with E-state index in [2.05, 4.69) is 5.32 Å². The Labute approximate surface area is 109 Å². The number of nitrogens with one attached hydrogen (secondary N) is 1. The van der Waals surface area contributed by atoms with Crippen molar-refractivity contribution in [1.82, 2.24) is 5.32 Å². The Hall–Kier alpha value is -0.640. The van der Waals surface area contributed by atoms with Crippen molar-refractivity contribution in [3.63, 3.8) is 0 Å². The smallest absolute Gasteiger partial charge is 0.221 e. The molecule has 2 saturated carbocycles. The first-order chi connectivity index (χ1) is 8.12. The average Bonchev–Trinajstić information content (AvgIpc) is 2.25. The molecular weight excluding hydrogens is 232 g/mol. The highest BCUT2D eigenvalue weighted by Crippen LogP contribution is 2.31. The van der Waals surface area contributed by atoms with Crippen LogP contribution in [0.1, 0.15) is 57.8 Å². The Kier molecular flexibility index (Phi) is 4.02. The third-order valence-corrected chi connectivity index (χ3v) is 4.65. The minimum absolute atomic E-state index is 0.143. The number of hydrogen-bond acceptors (Lipinski definition) is 2. The van der Waals surface area contributed by atoms with Gasteiger partial charge in [0.05, 0.1) is 10.5 Å². The second-order valence-corrected chi connectivity index (χ2v) is 6.00. The molecule has 0 aromatic heterocycles. The van der Waals surface area contributed by atoms with Crippen molar-refractivity contribution in [1.29, 1.82) is 0 Å². The molecule has 3 nitrogen and oxygen atoms in total. The van der Waals surface area contributed by atoms with E-state index in [0.717, 1.165) is 25.7 Å². The van der Waals surface area contributed by atoms with E-state index in [1.807, 2.05) is 0 Å². The summed E-state index contributed by atoms with van der Waals surface area (Å²) in [4.78, 5) is 12.5. The van der Waals surface area contributed by atoms with Crippen molar-refractivity contribution in [3.8, 4) is 0 Å². The summed E-state index contributed by atoms with van der Waals surface area (Å²) in [5, 5.41) is 3.13. The molecule has 2 aliphatic carbocycles. The van der Waals surface area contributed by atoms with Crippen LogP contribution in [-0.4, -0.2) is 16.4 Å². The van der Waals surface area contributed by atoms with Gasteiger partial charge in [-0.05, 0) is 31.6 Å². The van der Waals surface area contributed by atoms with Gasteiger partial charge in [0.2, 0.25) is 5.91 Å². The minimum Gasteiger partial charge on any atom is -0.391 e. The minimum atomic E-state index is -0.381. The Bertz CT molecular complexity index is 307. The van der Waals surface area contributed by atoms with Gasteiger partial charge < -0.3 is 11.1 Å². The molecule has 0 bridgehead atoms. The topological polar surface area (TPSA) is 55.1 Å². The van der Waals surface area contributed by atoms with Crippen LogP contribution in [0, 0.1) is 5.92 Å². The summed E-state index contributed by atoms with van der Waals surface area (Å²) in [5.74, 6) is 0.742. The quantitative estimate of drug-likeness (QED) is 0.757. The Morgan fingerprint density at radius 1 is 1.24 bits per heavy atom. The van der Waals surface area contributed by atoms with E-state index in [-0.39, 0.29) is 11.4 Å². The molecule has 0 unspecified atom stereocenters. The molecule has 0 aliphatic heterocycles. The first-order valence-electron chi connectivity index (χ1n) is 6.73. The Balaban J connectivity index is 1.91. The van der Waals surface area contributed by atoms with E-state index in [0.29, 0.717) is 17.3 Å². The van der Waals surface area contributed by atoms with Gasteiger partial charge in [-0.2, -0.15) is 0 Å². The van der Waals surface area contributed by atoms with Gasteiger partial charge in [0, 0.05) is 6.42 Å². The summed E-state index contributed by atoms with van der Waals surface area (Å²) in [6, 6.07) is 0. The molecule has 96 valence electrons. The molecule has 0 aromatic carbocycles. The lowest BCUT2D eigenvalue weighted by Crippen LogP contribution is -2.57. The molecule has 0 spiro atoms. The number of thiocarbonyl (C=S) groups is 1. The van der Waals surface area contributed by atoms with Crippen LogP contribution in [0.25, 0.3) is 0 Å². The maximum Gasteiger partial charge on any atom is 0.221 e. The molecule has 0 radical (unpaired) electrons. The summed E-state index contributed by atoms with van der Waals surface area (Å²) in [7, 11) is 0. The van der Waals surface area contributed by atoms with Gasteiger partial charge in [-0.3, -0.25) is 4.79 Å². The number of amides is 1. The molecule has 0 atom stereocenters. The number of carbonyl (C=O) groups is 1. The van der Waals surface area contributed by atoms with Crippen LogP contribution < -0.4 is 11.1 Å². The van der Waals surface area contributed by atoms with Crippen LogP contribution in [0.15, 0.2) is 0 Å². The van der Waals surface area contributed by atoms with Crippen LogP contribution in [0.2, 0.25) is 0 Å². The third kappa shape index (κ3) is 2.97. The second-order valence-electron chi connectivity index (χ2n) is 5.56. The summed E-state index contributed by atoms with van der Waals surface area (Å²) >= 11 is 5.17. The van der Waals surface area contributed by atoms with E-state index in [1.165, 1.54) is 25.7 Å². The monoisotopic (exact) mass is 254 g/mol.